The summed E-state index contributed by atoms with van der Waals surface area (Å²) in [6.45, 7) is 2.55. The molecule has 0 amide bonds. The fraction of sp³-hybridized carbons (Fsp3) is 0.143. The number of hydrogen-bond acceptors (Lipinski definition) is 3. The molecule has 0 fully saturated rings. The van der Waals surface area contributed by atoms with Crippen molar-refractivity contribution in [3.63, 3.8) is 0 Å². The van der Waals surface area contributed by atoms with E-state index in [9.17, 15) is 10.2 Å². The zero-order valence-corrected chi connectivity index (χ0v) is 9.51. The molecule has 0 spiro atoms. The Hall–Kier alpha value is -2.16. The van der Waals surface area contributed by atoms with Crippen LogP contribution in [0.15, 0.2) is 36.2 Å². The van der Waals surface area contributed by atoms with Gasteiger partial charge in [-0.2, -0.15) is 0 Å². The molecule has 0 saturated heterocycles. The van der Waals surface area contributed by atoms with Crippen molar-refractivity contribution in [1.29, 1.82) is 0 Å². The molecule has 2 aliphatic rings. The quantitative estimate of drug-likeness (QED) is 0.670. The third-order valence-corrected chi connectivity index (χ3v) is 3.30. The SMILES string of the molecule is Cc1c(O)c(O)cc2c1CN1C=CC=CC1=C2. The first-order valence-corrected chi connectivity index (χ1v) is 5.54. The van der Waals surface area contributed by atoms with Gasteiger partial charge in [-0.15, -0.1) is 0 Å². The number of fused-ring (bicyclic) bond motifs is 2. The van der Waals surface area contributed by atoms with Crippen molar-refractivity contribution in [2.24, 2.45) is 0 Å². The van der Waals surface area contributed by atoms with Crippen molar-refractivity contribution in [2.75, 3.05) is 0 Å². The van der Waals surface area contributed by atoms with Gasteiger partial charge in [0.2, 0.25) is 0 Å². The van der Waals surface area contributed by atoms with E-state index in [1.54, 1.807) is 6.07 Å². The molecule has 0 saturated carbocycles. The van der Waals surface area contributed by atoms with E-state index in [1.807, 2.05) is 37.4 Å². The Morgan fingerprint density at radius 1 is 1.24 bits per heavy atom. The normalized spacial score (nSPS) is 16.5. The molecule has 3 heteroatoms. The van der Waals surface area contributed by atoms with Crippen molar-refractivity contribution in [2.45, 2.75) is 13.5 Å². The van der Waals surface area contributed by atoms with E-state index in [0.717, 1.165) is 28.9 Å². The van der Waals surface area contributed by atoms with Crippen molar-refractivity contribution >= 4 is 6.08 Å². The maximum absolute atomic E-state index is 9.74. The van der Waals surface area contributed by atoms with Gasteiger partial charge in [0.15, 0.2) is 11.5 Å². The maximum atomic E-state index is 9.74. The van der Waals surface area contributed by atoms with Crippen molar-refractivity contribution in [3.05, 3.63) is 52.9 Å². The first-order valence-electron chi connectivity index (χ1n) is 5.54. The van der Waals surface area contributed by atoms with Crippen LogP contribution in [0.1, 0.15) is 16.7 Å². The molecule has 0 aromatic heterocycles. The molecule has 3 rings (SSSR count). The fourth-order valence-corrected chi connectivity index (χ4v) is 2.29. The lowest BCUT2D eigenvalue weighted by Crippen LogP contribution is -2.21. The van der Waals surface area contributed by atoms with Crippen molar-refractivity contribution < 1.29 is 10.2 Å². The summed E-state index contributed by atoms with van der Waals surface area (Å²) in [6, 6.07) is 1.62. The number of phenols is 2. The molecule has 86 valence electrons. The summed E-state index contributed by atoms with van der Waals surface area (Å²) < 4.78 is 0. The minimum Gasteiger partial charge on any atom is -0.504 e. The number of aromatic hydroxyl groups is 2. The van der Waals surface area contributed by atoms with Gasteiger partial charge in [-0.05, 0) is 42.3 Å². The maximum Gasteiger partial charge on any atom is 0.160 e. The van der Waals surface area contributed by atoms with Gasteiger partial charge in [-0.25, -0.2) is 0 Å². The number of benzene rings is 1. The molecular weight excluding hydrogens is 214 g/mol. The van der Waals surface area contributed by atoms with E-state index < -0.39 is 0 Å². The molecule has 0 aliphatic carbocycles. The first kappa shape index (κ1) is 10.0. The molecule has 2 N–H and O–H groups in total. The van der Waals surface area contributed by atoms with E-state index in [0.29, 0.717) is 0 Å². The van der Waals surface area contributed by atoms with Crippen LogP contribution in [0.3, 0.4) is 0 Å². The molecule has 3 nitrogen and oxygen atoms in total. The van der Waals surface area contributed by atoms with Gasteiger partial charge >= 0.3 is 0 Å². The van der Waals surface area contributed by atoms with Gasteiger partial charge in [-0.1, -0.05) is 6.08 Å². The summed E-state index contributed by atoms with van der Waals surface area (Å²) in [5.74, 6) is -0.0704. The molecular formula is C14H13NO2. The van der Waals surface area contributed by atoms with Crippen LogP contribution in [0.5, 0.6) is 11.5 Å². The van der Waals surface area contributed by atoms with Gasteiger partial charge in [0.05, 0.1) is 0 Å². The van der Waals surface area contributed by atoms with E-state index in [-0.39, 0.29) is 11.5 Å². The lowest BCUT2D eigenvalue weighted by molar-refractivity contribution is 0.396. The predicted octanol–water partition coefficient (Wildman–Crippen LogP) is 2.65. The number of rotatable bonds is 0. The highest BCUT2D eigenvalue weighted by molar-refractivity contribution is 5.68. The topological polar surface area (TPSA) is 43.7 Å². The Balaban J connectivity index is 2.20. The van der Waals surface area contributed by atoms with Gasteiger partial charge in [0.1, 0.15) is 0 Å². The molecule has 2 heterocycles. The standard InChI is InChI=1S/C14H13NO2/c1-9-12-8-15-5-3-2-4-11(15)6-10(12)7-13(16)14(9)17/h2-7,16-17H,8H2,1H3. The lowest BCUT2D eigenvalue weighted by atomic mass is 9.95. The van der Waals surface area contributed by atoms with Crippen LogP contribution in [-0.4, -0.2) is 15.1 Å². The van der Waals surface area contributed by atoms with Crippen molar-refractivity contribution in [3.8, 4) is 11.5 Å². The number of allylic oxidation sites excluding steroid dienone is 3. The zero-order chi connectivity index (χ0) is 12.0. The first-order chi connectivity index (χ1) is 8.16. The van der Waals surface area contributed by atoms with E-state index >= 15 is 0 Å². The number of phenolic OH excluding ortho intramolecular Hbond substituents is 2. The average Bonchev–Trinajstić information content (AvgIpc) is 2.34. The lowest BCUT2D eigenvalue weighted by Gasteiger charge is -2.30. The second-order valence-electron chi connectivity index (χ2n) is 4.33. The van der Waals surface area contributed by atoms with Crippen LogP contribution in [0.2, 0.25) is 0 Å². The monoisotopic (exact) mass is 227 g/mol. The Kier molecular flexibility index (Phi) is 2.01. The van der Waals surface area contributed by atoms with Crippen molar-refractivity contribution in [1.82, 2.24) is 4.90 Å². The second kappa shape index (κ2) is 3.42. The number of nitrogens with zero attached hydrogens (tertiary/aromatic N) is 1. The Morgan fingerprint density at radius 3 is 2.88 bits per heavy atom. The summed E-state index contributed by atoms with van der Waals surface area (Å²) >= 11 is 0. The van der Waals surface area contributed by atoms with E-state index in [1.165, 1.54) is 0 Å². The van der Waals surface area contributed by atoms with Crippen LogP contribution < -0.4 is 0 Å². The third kappa shape index (κ3) is 1.43. The molecule has 0 unspecified atom stereocenters. The van der Waals surface area contributed by atoms with Gasteiger partial charge in [0, 0.05) is 24.0 Å². The van der Waals surface area contributed by atoms with E-state index in [4.69, 9.17) is 0 Å². The van der Waals surface area contributed by atoms with Crippen LogP contribution in [0.4, 0.5) is 0 Å². The largest absolute Gasteiger partial charge is 0.504 e. The van der Waals surface area contributed by atoms with Crippen LogP contribution in [-0.2, 0) is 6.54 Å². The fourth-order valence-electron chi connectivity index (χ4n) is 2.29. The van der Waals surface area contributed by atoms with Crippen LogP contribution in [0, 0.1) is 6.92 Å². The van der Waals surface area contributed by atoms with Crippen LogP contribution in [0.25, 0.3) is 6.08 Å². The molecule has 0 radical (unpaired) electrons. The molecule has 1 aromatic carbocycles. The van der Waals surface area contributed by atoms with Gasteiger partial charge in [-0.3, -0.25) is 0 Å². The Morgan fingerprint density at radius 2 is 2.06 bits per heavy atom. The highest BCUT2D eigenvalue weighted by Gasteiger charge is 2.20. The molecule has 0 bridgehead atoms. The van der Waals surface area contributed by atoms with Gasteiger partial charge < -0.3 is 15.1 Å². The summed E-state index contributed by atoms with van der Waals surface area (Å²) in [6.07, 6.45) is 10.0. The van der Waals surface area contributed by atoms with E-state index in [2.05, 4.69) is 4.90 Å². The van der Waals surface area contributed by atoms with Crippen LogP contribution >= 0.6 is 0 Å². The predicted molar refractivity (Wildman–Crippen MR) is 66.3 cm³/mol. The number of hydrogen-bond donors (Lipinski definition) is 2. The smallest absolute Gasteiger partial charge is 0.160 e. The third-order valence-electron chi connectivity index (χ3n) is 3.30. The summed E-state index contributed by atoms with van der Waals surface area (Å²) in [5.41, 5.74) is 3.88. The molecule has 17 heavy (non-hydrogen) atoms. The summed E-state index contributed by atoms with van der Waals surface area (Å²) in [4.78, 5) is 2.12. The minimum absolute atomic E-state index is 0.0165. The Labute approximate surface area is 99.6 Å². The molecule has 1 aromatic rings. The second-order valence-corrected chi connectivity index (χ2v) is 4.33. The zero-order valence-electron chi connectivity index (χ0n) is 9.51. The summed E-state index contributed by atoms with van der Waals surface area (Å²) in [5, 5.41) is 19.4. The molecule has 0 atom stereocenters. The summed E-state index contributed by atoms with van der Waals surface area (Å²) in [7, 11) is 0. The average molecular weight is 227 g/mol. The highest BCUT2D eigenvalue weighted by Crippen LogP contribution is 2.38. The molecule has 2 aliphatic heterocycles. The van der Waals surface area contributed by atoms with Gasteiger partial charge in [0.25, 0.3) is 0 Å². The minimum atomic E-state index is -0.0538. The highest BCUT2D eigenvalue weighted by atomic mass is 16.3. The Bertz CT molecular complexity index is 582.